The number of hydrogen-bond donors (Lipinski definition) is 1. The van der Waals surface area contributed by atoms with Crippen LogP contribution in [0.4, 0.5) is 4.39 Å². The Balaban J connectivity index is 1.46. The fourth-order valence-corrected chi connectivity index (χ4v) is 3.70. The summed E-state index contributed by atoms with van der Waals surface area (Å²) in [5.41, 5.74) is 2.35. The molecule has 2 atom stereocenters. The van der Waals surface area contributed by atoms with Gasteiger partial charge in [0, 0.05) is 0 Å². The zero-order valence-corrected chi connectivity index (χ0v) is 19.5. The van der Waals surface area contributed by atoms with E-state index in [9.17, 15) is 9.18 Å². The van der Waals surface area contributed by atoms with E-state index < -0.39 is 6.10 Å². The number of nitrogens with zero attached hydrogens (tertiary/aromatic N) is 2. The SMILES string of the molecule is CC(C)Cc1ccc(C(C)NC(=O)CSc2nnc(C(C)Oc3ccc(F)cc3)o2)cc1. The van der Waals surface area contributed by atoms with Crippen molar-refractivity contribution >= 4 is 17.7 Å². The van der Waals surface area contributed by atoms with Gasteiger partial charge in [0.25, 0.3) is 11.1 Å². The number of benzene rings is 2. The molecular formula is C24H28FN3O3S. The maximum Gasteiger partial charge on any atom is 0.277 e. The number of nitrogens with one attached hydrogen (secondary N) is 1. The van der Waals surface area contributed by atoms with Crippen molar-refractivity contribution in [2.45, 2.75) is 51.5 Å². The Morgan fingerprint density at radius 1 is 1.06 bits per heavy atom. The molecule has 3 aromatic rings. The molecule has 2 unspecified atom stereocenters. The van der Waals surface area contributed by atoms with Crippen LogP contribution in [0.2, 0.25) is 0 Å². The second kappa shape index (κ2) is 11.1. The van der Waals surface area contributed by atoms with E-state index in [0.29, 0.717) is 11.7 Å². The molecule has 1 N–H and O–H groups in total. The highest BCUT2D eigenvalue weighted by atomic mass is 32.2. The Morgan fingerprint density at radius 3 is 2.41 bits per heavy atom. The Hall–Kier alpha value is -2.87. The number of aromatic nitrogens is 2. The number of carbonyl (C=O) groups excluding carboxylic acids is 1. The first kappa shape index (κ1) is 23.8. The average molecular weight is 458 g/mol. The topological polar surface area (TPSA) is 77.2 Å². The summed E-state index contributed by atoms with van der Waals surface area (Å²) in [6, 6.07) is 13.9. The summed E-state index contributed by atoms with van der Waals surface area (Å²) >= 11 is 1.16. The fraction of sp³-hybridized carbons (Fsp3) is 0.375. The summed E-state index contributed by atoms with van der Waals surface area (Å²) in [5, 5.41) is 11.2. The second-order valence-corrected chi connectivity index (χ2v) is 8.96. The minimum atomic E-state index is -0.505. The third-order valence-corrected chi connectivity index (χ3v) is 5.54. The molecule has 0 fully saturated rings. The normalized spacial score (nSPS) is 13.1. The molecule has 6 nitrogen and oxygen atoms in total. The molecule has 32 heavy (non-hydrogen) atoms. The fourth-order valence-electron chi connectivity index (χ4n) is 3.12. The van der Waals surface area contributed by atoms with Crippen molar-refractivity contribution in [2.75, 3.05) is 5.75 Å². The highest BCUT2D eigenvalue weighted by Gasteiger charge is 2.17. The number of ether oxygens (including phenoxy) is 1. The molecule has 8 heteroatoms. The first-order valence-electron chi connectivity index (χ1n) is 10.6. The number of hydrogen-bond acceptors (Lipinski definition) is 6. The molecule has 0 spiro atoms. The lowest BCUT2D eigenvalue weighted by atomic mass is 10.00. The Morgan fingerprint density at radius 2 is 1.75 bits per heavy atom. The molecule has 2 aromatic carbocycles. The van der Waals surface area contributed by atoms with Gasteiger partial charge < -0.3 is 14.5 Å². The van der Waals surface area contributed by atoms with Gasteiger partial charge in [-0.15, -0.1) is 10.2 Å². The molecule has 0 radical (unpaired) electrons. The van der Waals surface area contributed by atoms with Gasteiger partial charge in [-0.2, -0.15) is 0 Å². The average Bonchev–Trinajstić information content (AvgIpc) is 3.23. The summed E-state index contributed by atoms with van der Waals surface area (Å²) in [4.78, 5) is 12.3. The Labute approximate surface area is 192 Å². The smallest absolute Gasteiger partial charge is 0.277 e. The van der Waals surface area contributed by atoms with E-state index in [1.165, 1.54) is 29.8 Å². The standard InChI is InChI=1S/C24H28FN3O3S/c1-15(2)13-18-5-7-19(8-6-18)16(3)26-22(29)14-32-24-28-27-23(31-24)17(4)30-21-11-9-20(25)10-12-21/h5-12,15-17H,13-14H2,1-4H3,(H,26,29). The van der Waals surface area contributed by atoms with Crippen LogP contribution in [0, 0.1) is 11.7 Å². The molecular weight excluding hydrogens is 429 g/mol. The number of rotatable bonds is 10. The van der Waals surface area contributed by atoms with E-state index in [1.807, 2.05) is 6.92 Å². The van der Waals surface area contributed by atoms with Crippen LogP contribution in [0.3, 0.4) is 0 Å². The van der Waals surface area contributed by atoms with Crippen molar-refractivity contribution in [1.82, 2.24) is 15.5 Å². The minimum Gasteiger partial charge on any atom is -0.481 e. The van der Waals surface area contributed by atoms with E-state index in [0.717, 1.165) is 23.7 Å². The molecule has 0 aliphatic rings. The van der Waals surface area contributed by atoms with Crippen LogP contribution in [-0.4, -0.2) is 21.9 Å². The molecule has 170 valence electrons. The molecule has 0 saturated carbocycles. The number of thioether (sulfide) groups is 1. The van der Waals surface area contributed by atoms with Crippen molar-refractivity contribution in [3.8, 4) is 5.75 Å². The van der Waals surface area contributed by atoms with Crippen LogP contribution in [0.1, 0.15) is 56.9 Å². The minimum absolute atomic E-state index is 0.0985. The van der Waals surface area contributed by atoms with Gasteiger partial charge in [0.15, 0.2) is 6.10 Å². The highest BCUT2D eigenvalue weighted by Crippen LogP contribution is 2.24. The number of amides is 1. The Kier molecular flexibility index (Phi) is 8.27. The summed E-state index contributed by atoms with van der Waals surface area (Å²) in [5.74, 6) is 1.09. The first-order valence-corrected chi connectivity index (χ1v) is 11.6. The van der Waals surface area contributed by atoms with Gasteiger partial charge in [0.05, 0.1) is 11.8 Å². The van der Waals surface area contributed by atoms with Gasteiger partial charge in [-0.05, 0) is 61.6 Å². The number of carbonyl (C=O) groups is 1. The zero-order chi connectivity index (χ0) is 23.1. The maximum atomic E-state index is 13.0. The lowest BCUT2D eigenvalue weighted by Crippen LogP contribution is -2.28. The number of halogens is 1. The van der Waals surface area contributed by atoms with Crippen LogP contribution >= 0.6 is 11.8 Å². The van der Waals surface area contributed by atoms with Crippen LogP contribution in [0.5, 0.6) is 5.75 Å². The summed E-state index contributed by atoms with van der Waals surface area (Å²) < 4.78 is 24.3. The monoisotopic (exact) mass is 457 g/mol. The lowest BCUT2D eigenvalue weighted by molar-refractivity contribution is -0.119. The van der Waals surface area contributed by atoms with Gasteiger partial charge in [0.1, 0.15) is 11.6 Å². The van der Waals surface area contributed by atoms with Gasteiger partial charge in [-0.1, -0.05) is 49.9 Å². The van der Waals surface area contributed by atoms with E-state index >= 15 is 0 Å². The summed E-state index contributed by atoms with van der Waals surface area (Å²) in [6.07, 6.45) is 0.534. The third-order valence-electron chi connectivity index (χ3n) is 4.72. The summed E-state index contributed by atoms with van der Waals surface area (Å²) in [6.45, 7) is 8.10. The zero-order valence-electron chi connectivity index (χ0n) is 18.7. The van der Waals surface area contributed by atoms with Crippen molar-refractivity contribution in [3.63, 3.8) is 0 Å². The highest BCUT2D eigenvalue weighted by molar-refractivity contribution is 7.99. The predicted molar refractivity (Wildman–Crippen MR) is 122 cm³/mol. The van der Waals surface area contributed by atoms with Crippen molar-refractivity contribution in [1.29, 1.82) is 0 Å². The molecule has 0 aliphatic heterocycles. The van der Waals surface area contributed by atoms with Gasteiger partial charge in [-0.25, -0.2) is 4.39 Å². The maximum absolute atomic E-state index is 13.0. The third kappa shape index (κ3) is 7.09. The van der Waals surface area contributed by atoms with Crippen molar-refractivity contribution in [3.05, 3.63) is 71.4 Å². The van der Waals surface area contributed by atoms with Crippen LogP contribution in [0.15, 0.2) is 58.2 Å². The molecule has 3 rings (SSSR count). The van der Waals surface area contributed by atoms with Crippen molar-refractivity contribution in [2.24, 2.45) is 5.92 Å². The van der Waals surface area contributed by atoms with Crippen LogP contribution in [0.25, 0.3) is 0 Å². The predicted octanol–water partition coefficient (Wildman–Crippen LogP) is 5.52. The molecule has 1 heterocycles. The molecule has 0 bridgehead atoms. The Bertz CT molecular complexity index is 1010. The summed E-state index contributed by atoms with van der Waals surface area (Å²) in [7, 11) is 0. The second-order valence-electron chi connectivity index (χ2n) is 8.04. The first-order chi connectivity index (χ1) is 15.3. The molecule has 0 saturated heterocycles. The van der Waals surface area contributed by atoms with E-state index in [-0.39, 0.29) is 34.6 Å². The van der Waals surface area contributed by atoms with Crippen LogP contribution < -0.4 is 10.1 Å². The molecule has 1 amide bonds. The molecule has 0 aliphatic carbocycles. The van der Waals surface area contributed by atoms with E-state index in [4.69, 9.17) is 9.15 Å². The van der Waals surface area contributed by atoms with Crippen molar-refractivity contribution < 1.29 is 18.3 Å². The van der Waals surface area contributed by atoms with Gasteiger partial charge in [-0.3, -0.25) is 4.79 Å². The quantitative estimate of drug-likeness (QED) is 0.404. The van der Waals surface area contributed by atoms with Gasteiger partial charge in [0.2, 0.25) is 5.91 Å². The lowest BCUT2D eigenvalue weighted by Gasteiger charge is -2.15. The van der Waals surface area contributed by atoms with Crippen LogP contribution in [-0.2, 0) is 11.2 Å². The van der Waals surface area contributed by atoms with E-state index in [2.05, 4.69) is 53.6 Å². The largest absolute Gasteiger partial charge is 0.481 e. The van der Waals surface area contributed by atoms with E-state index in [1.54, 1.807) is 6.92 Å². The molecule has 1 aromatic heterocycles. The van der Waals surface area contributed by atoms with Gasteiger partial charge >= 0.3 is 0 Å².